The van der Waals surface area contributed by atoms with Crippen molar-refractivity contribution in [3.63, 3.8) is 0 Å². The van der Waals surface area contributed by atoms with Gasteiger partial charge in [-0.2, -0.15) is 5.06 Å². The van der Waals surface area contributed by atoms with E-state index in [9.17, 15) is 9.59 Å². The van der Waals surface area contributed by atoms with Crippen molar-refractivity contribution >= 4 is 11.8 Å². The molecule has 0 saturated carbocycles. The maximum Gasteiger partial charge on any atom is 0.253 e. The molecule has 5 heteroatoms. The number of carbonyl (C=O) groups is 2. The Morgan fingerprint density at radius 3 is 1.77 bits per heavy atom. The number of imide groups is 1. The van der Waals surface area contributed by atoms with Crippen LogP contribution in [-0.2, 0) is 9.59 Å². The average molecular weight is 182 g/mol. The Labute approximate surface area is 74.9 Å². The smallest absolute Gasteiger partial charge is 0.253 e. The molecule has 5 nitrogen and oxygen atoms in total. The van der Waals surface area contributed by atoms with Crippen LogP contribution in [0.3, 0.4) is 0 Å². The van der Waals surface area contributed by atoms with Gasteiger partial charge in [-0.15, -0.1) is 0 Å². The number of hydrogen-bond acceptors (Lipinski definition) is 3. The molecule has 0 radical (unpaired) electrons. The number of nitrogens with zero attached hydrogens (tertiary/aromatic N) is 1. The first-order valence-electron chi connectivity index (χ1n) is 3.84. The summed E-state index contributed by atoms with van der Waals surface area (Å²) in [6.07, 6.45) is 4.05. The summed E-state index contributed by atoms with van der Waals surface area (Å²) in [6, 6.07) is 3.89. The van der Waals surface area contributed by atoms with E-state index in [0.29, 0.717) is 0 Å². The minimum Gasteiger partial charge on any atom is -0.368 e. The number of carbonyl (C=O) groups excluding carboxylic acids is 2. The summed E-state index contributed by atoms with van der Waals surface area (Å²) >= 11 is 0. The fourth-order valence-electron chi connectivity index (χ4n) is 0.843. The Bertz CT molecular complexity index is 248. The quantitative estimate of drug-likeness (QED) is 0.454. The molecule has 0 atom stereocenters. The van der Waals surface area contributed by atoms with E-state index in [1.54, 1.807) is 0 Å². The van der Waals surface area contributed by atoms with Crippen LogP contribution in [0.25, 0.3) is 0 Å². The van der Waals surface area contributed by atoms with E-state index in [-0.39, 0.29) is 17.9 Å². The number of H-pyrrole nitrogens is 1. The van der Waals surface area contributed by atoms with Crippen molar-refractivity contribution < 1.29 is 14.8 Å². The van der Waals surface area contributed by atoms with Crippen molar-refractivity contribution in [2.24, 2.45) is 0 Å². The van der Waals surface area contributed by atoms with E-state index in [2.05, 4.69) is 4.98 Å². The predicted octanol–water partition coefficient (Wildman–Crippen LogP) is 0.539. The van der Waals surface area contributed by atoms with E-state index >= 15 is 0 Å². The number of aromatic nitrogens is 1. The van der Waals surface area contributed by atoms with Crippen LogP contribution in [0.2, 0.25) is 0 Å². The first kappa shape index (κ1) is 9.47. The summed E-state index contributed by atoms with van der Waals surface area (Å²) in [5.74, 6) is -1.01. The predicted molar refractivity (Wildman–Crippen MR) is 43.7 cm³/mol. The fraction of sp³-hybridized carbons (Fsp3) is 0.250. The van der Waals surface area contributed by atoms with Gasteiger partial charge in [0.2, 0.25) is 0 Å². The molecule has 1 aromatic rings. The molecule has 0 aromatic carbocycles. The van der Waals surface area contributed by atoms with Crippen LogP contribution in [0.4, 0.5) is 0 Å². The van der Waals surface area contributed by atoms with Crippen molar-refractivity contribution in [2.75, 3.05) is 0 Å². The summed E-state index contributed by atoms with van der Waals surface area (Å²) in [5, 5.41) is 8.57. The molecule has 0 spiro atoms. The van der Waals surface area contributed by atoms with Gasteiger partial charge in [-0.25, -0.2) is 0 Å². The molecule has 0 bridgehead atoms. The molecule has 1 aromatic heterocycles. The molecule has 1 fully saturated rings. The van der Waals surface area contributed by atoms with Crippen molar-refractivity contribution in [1.82, 2.24) is 10.0 Å². The van der Waals surface area contributed by atoms with Crippen molar-refractivity contribution in [3.8, 4) is 0 Å². The minimum atomic E-state index is -0.505. The van der Waals surface area contributed by atoms with E-state index in [1.165, 1.54) is 0 Å². The Kier molecular flexibility index (Phi) is 3.22. The van der Waals surface area contributed by atoms with Gasteiger partial charge in [-0.3, -0.25) is 14.8 Å². The zero-order valence-corrected chi connectivity index (χ0v) is 6.93. The van der Waals surface area contributed by atoms with Gasteiger partial charge in [0.05, 0.1) is 0 Å². The summed E-state index contributed by atoms with van der Waals surface area (Å²) < 4.78 is 0. The first-order valence-corrected chi connectivity index (χ1v) is 3.84. The number of aromatic amines is 1. The van der Waals surface area contributed by atoms with Crippen LogP contribution in [0.15, 0.2) is 24.5 Å². The number of hydroxylamine groups is 2. The van der Waals surface area contributed by atoms with Gasteiger partial charge in [0.25, 0.3) is 11.8 Å². The van der Waals surface area contributed by atoms with Crippen LogP contribution in [0.1, 0.15) is 12.8 Å². The van der Waals surface area contributed by atoms with Gasteiger partial charge in [0.15, 0.2) is 0 Å². The van der Waals surface area contributed by atoms with Gasteiger partial charge in [0.1, 0.15) is 0 Å². The highest BCUT2D eigenvalue weighted by Gasteiger charge is 2.26. The van der Waals surface area contributed by atoms with Crippen LogP contribution in [0, 0.1) is 0 Å². The van der Waals surface area contributed by atoms with Crippen molar-refractivity contribution in [2.45, 2.75) is 12.8 Å². The van der Waals surface area contributed by atoms with Crippen LogP contribution >= 0.6 is 0 Å². The molecule has 1 saturated heterocycles. The second kappa shape index (κ2) is 4.42. The number of hydrogen-bond donors (Lipinski definition) is 2. The molecule has 2 rings (SSSR count). The Balaban J connectivity index is 0.000000145. The lowest BCUT2D eigenvalue weighted by molar-refractivity contribution is -0.171. The van der Waals surface area contributed by atoms with E-state index in [4.69, 9.17) is 5.21 Å². The topological polar surface area (TPSA) is 73.4 Å². The molecular formula is C8H10N2O3. The van der Waals surface area contributed by atoms with E-state index < -0.39 is 11.8 Å². The Morgan fingerprint density at radius 1 is 1.15 bits per heavy atom. The molecule has 2 N–H and O–H groups in total. The average Bonchev–Trinajstić information content (AvgIpc) is 2.75. The molecule has 2 amide bonds. The van der Waals surface area contributed by atoms with E-state index in [1.807, 2.05) is 24.5 Å². The zero-order valence-electron chi connectivity index (χ0n) is 6.93. The lowest BCUT2D eigenvalue weighted by Gasteiger charge is -1.98. The van der Waals surface area contributed by atoms with Gasteiger partial charge >= 0.3 is 0 Å². The lowest BCUT2D eigenvalue weighted by atomic mass is 10.4. The van der Waals surface area contributed by atoms with Crippen molar-refractivity contribution in [1.29, 1.82) is 0 Å². The second-order valence-electron chi connectivity index (χ2n) is 2.48. The summed E-state index contributed by atoms with van der Waals surface area (Å²) in [7, 11) is 0. The minimum absolute atomic E-state index is 0.148. The molecule has 2 heterocycles. The summed E-state index contributed by atoms with van der Waals surface area (Å²) in [4.78, 5) is 23.3. The molecule has 1 aliphatic heterocycles. The SMILES string of the molecule is O=C1CCC(=O)N1O.c1cc[nH]c1. The first-order chi connectivity index (χ1) is 6.22. The third kappa shape index (κ3) is 2.72. The largest absolute Gasteiger partial charge is 0.368 e. The molecule has 70 valence electrons. The molecule has 1 aliphatic rings. The Morgan fingerprint density at radius 2 is 1.62 bits per heavy atom. The van der Waals surface area contributed by atoms with Crippen molar-refractivity contribution in [3.05, 3.63) is 24.5 Å². The molecular weight excluding hydrogens is 172 g/mol. The number of nitrogens with one attached hydrogen (secondary N) is 1. The highest BCUT2D eigenvalue weighted by Crippen LogP contribution is 2.06. The fourth-order valence-corrected chi connectivity index (χ4v) is 0.843. The van der Waals surface area contributed by atoms with Gasteiger partial charge in [-0.1, -0.05) is 0 Å². The zero-order chi connectivity index (χ0) is 9.68. The molecule has 0 aliphatic carbocycles. The highest BCUT2D eigenvalue weighted by atomic mass is 16.5. The normalized spacial score (nSPS) is 15.6. The molecule has 13 heavy (non-hydrogen) atoms. The second-order valence-corrected chi connectivity index (χ2v) is 2.48. The van der Waals surface area contributed by atoms with E-state index in [0.717, 1.165) is 0 Å². The monoisotopic (exact) mass is 182 g/mol. The highest BCUT2D eigenvalue weighted by molar-refractivity contribution is 6.00. The summed E-state index contributed by atoms with van der Waals surface area (Å²) in [6.45, 7) is 0. The van der Waals surface area contributed by atoms with Gasteiger partial charge in [0, 0.05) is 25.2 Å². The van der Waals surface area contributed by atoms with Gasteiger partial charge < -0.3 is 4.98 Å². The third-order valence-electron chi connectivity index (χ3n) is 1.52. The number of rotatable bonds is 0. The maximum absolute atomic E-state index is 10.2. The van der Waals surface area contributed by atoms with Gasteiger partial charge in [-0.05, 0) is 12.1 Å². The Hall–Kier alpha value is -1.62. The third-order valence-corrected chi connectivity index (χ3v) is 1.52. The lowest BCUT2D eigenvalue weighted by Crippen LogP contribution is -2.24. The standard InChI is InChI=1S/C4H5NO3.C4H5N/c6-3-1-2-4(7)5(3)8;1-2-4-5-3-1/h8H,1-2H2;1-5H. The van der Waals surface area contributed by atoms with Crippen LogP contribution < -0.4 is 0 Å². The van der Waals surface area contributed by atoms with Crippen LogP contribution in [0.5, 0.6) is 0 Å². The van der Waals surface area contributed by atoms with Crippen LogP contribution in [-0.4, -0.2) is 27.1 Å². The summed E-state index contributed by atoms with van der Waals surface area (Å²) in [5.41, 5.74) is 0. The number of amides is 2. The maximum atomic E-state index is 10.2. The molecule has 0 unspecified atom stereocenters.